The zero-order valence-corrected chi connectivity index (χ0v) is 6.27. The molecule has 2 heteroatoms. The Morgan fingerprint density at radius 3 is 2.60 bits per heavy atom. The second-order valence-electron chi connectivity index (χ2n) is 2.28. The third-order valence-electron chi connectivity index (χ3n) is 1.44. The second-order valence-corrected chi connectivity index (χ2v) is 2.28. The van der Waals surface area contributed by atoms with Crippen LogP contribution in [0, 0.1) is 5.92 Å². The zero-order valence-electron chi connectivity index (χ0n) is 6.27. The van der Waals surface area contributed by atoms with E-state index in [0.717, 1.165) is 5.57 Å². The molecule has 0 radical (unpaired) electrons. The molecule has 1 atom stereocenters. The van der Waals surface area contributed by atoms with E-state index in [2.05, 4.69) is 0 Å². The van der Waals surface area contributed by atoms with Crippen LogP contribution < -0.4 is 0 Å². The Morgan fingerprint density at radius 1 is 1.60 bits per heavy atom. The molecule has 0 aromatic rings. The van der Waals surface area contributed by atoms with Crippen molar-refractivity contribution in [3.05, 3.63) is 24.1 Å². The Labute approximate surface area is 60.2 Å². The fourth-order valence-corrected chi connectivity index (χ4v) is 0.474. The molecule has 0 bridgehead atoms. The van der Waals surface area contributed by atoms with Gasteiger partial charge in [0.25, 0.3) is 0 Å². The molecule has 0 nitrogen and oxygen atoms in total. The fraction of sp³-hybridized carbons (Fsp3) is 0.500. The van der Waals surface area contributed by atoms with Crippen molar-refractivity contribution in [3.63, 3.8) is 0 Å². The molecule has 10 heavy (non-hydrogen) atoms. The highest BCUT2D eigenvalue weighted by Crippen LogP contribution is 2.09. The van der Waals surface area contributed by atoms with Crippen molar-refractivity contribution in [3.8, 4) is 0 Å². The van der Waals surface area contributed by atoms with Gasteiger partial charge in [0, 0.05) is 5.92 Å². The summed E-state index contributed by atoms with van der Waals surface area (Å²) in [5.41, 5.74) is 0.858. The lowest BCUT2D eigenvalue weighted by Crippen LogP contribution is -1.97. The van der Waals surface area contributed by atoms with Crippen LogP contribution in [-0.4, -0.2) is 6.67 Å². The van der Waals surface area contributed by atoms with Crippen LogP contribution in [0.25, 0.3) is 0 Å². The van der Waals surface area contributed by atoms with E-state index >= 15 is 0 Å². The first-order valence-corrected chi connectivity index (χ1v) is 3.22. The van der Waals surface area contributed by atoms with Crippen LogP contribution in [0.4, 0.5) is 8.78 Å². The third kappa shape index (κ3) is 3.38. The summed E-state index contributed by atoms with van der Waals surface area (Å²) < 4.78 is 23.3. The summed E-state index contributed by atoms with van der Waals surface area (Å²) in [5.74, 6) is -0.101. The standard InChI is InChI=1S/C8H12F2/c1-7(4-3-5-9)8(2)6-10/h3-5,8H,6H2,1-2H3/b5-3+,7-4-. The minimum atomic E-state index is -0.386. The average molecular weight is 146 g/mol. The molecule has 0 saturated heterocycles. The molecule has 0 aliphatic carbocycles. The van der Waals surface area contributed by atoms with Gasteiger partial charge in [-0.1, -0.05) is 18.6 Å². The van der Waals surface area contributed by atoms with Crippen LogP contribution in [-0.2, 0) is 0 Å². The number of alkyl halides is 1. The maximum Gasteiger partial charge on any atom is 0.0957 e. The molecular weight excluding hydrogens is 134 g/mol. The summed E-state index contributed by atoms with van der Waals surface area (Å²) in [4.78, 5) is 0. The molecule has 0 aromatic heterocycles. The SMILES string of the molecule is C/C(=C/C=C/F)C(C)CF. The van der Waals surface area contributed by atoms with E-state index in [1.807, 2.05) is 0 Å². The summed E-state index contributed by atoms with van der Waals surface area (Å²) in [5, 5.41) is 0. The van der Waals surface area contributed by atoms with Crippen LogP contribution in [0.15, 0.2) is 24.1 Å². The molecule has 0 amide bonds. The van der Waals surface area contributed by atoms with Gasteiger partial charge in [0.05, 0.1) is 13.0 Å². The molecule has 0 N–H and O–H groups in total. The molecule has 58 valence electrons. The fourth-order valence-electron chi connectivity index (χ4n) is 0.474. The number of allylic oxidation sites excluding steroid dienone is 3. The van der Waals surface area contributed by atoms with E-state index in [1.165, 1.54) is 6.08 Å². The van der Waals surface area contributed by atoms with E-state index < -0.39 is 0 Å². The summed E-state index contributed by atoms with van der Waals surface area (Å²) in [6.45, 7) is 3.16. The van der Waals surface area contributed by atoms with Crippen molar-refractivity contribution in [2.24, 2.45) is 5.92 Å². The van der Waals surface area contributed by atoms with Gasteiger partial charge in [-0.15, -0.1) is 0 Å². The van der Waals surface area contributed by atoms with Crippen LogP contribution in [0.5, 0.6) is 0 Å². The minimum absolute atomic E-state index is 0.101. The van der Waals surface area contributed by atoms with Gasteiger partial charge < -0.3 is 0 Å². The molecule has 0 rings (SSSR count). The number of hydrogen-bond donors (Lipinski definition) is 0. The third-order valence-corrected chi connectivity index (χ3v) is 1.44. The van der Waals surface area contributed by atoms with Crippen LogP contribution >= 0.6 is 0 Å². The molecular formula is C8H12F2. The van der Waals surface area contributed by atoms with E-state index in [-0.39, 0.29) is 12.6 Å². The van der Waals surface area contributed by atoms with Gasteiger partial charge >= 0.3 is 0 Å². The van der Waals surface area contributed by atoms with E-state index in [0.29, 0.717) is 6.33 Å². The van der Waals surface area contributed by atoms with Gasteiger partial charge in [0.15, 0.2) is 0 Å². The van der Waals surface area contributed by atoms with Gasteiger partial charge in [-0.05, 0) is 13.0 Å². The lowest BCUT2D eigenvalue weighted by molar-refractivity contribution is 0.418. The molecule has 0 fully saturated rings. The molecule has 0 aliphatic rings. The second kappa shape index (κ2) is 5.15. The van der Waals surface area contributed by atoms with Gasteiger partial charge in [0.1, 0.15) is 0 Å². The molecule has 0 aromatic carbocycles. The summed E-state index contributed by atoms with van der Waals surface area (Å²) in [6, 6.07) is 0. The highest BCUT2D eigenvalue weighted by molar-refractivity contribution is 5.11. The Morgan fingerprint density at radius 2 is 2.20 bits per heavy atom. The molecule has 0 saturated carbocycles. The Bertz CT molecular complexity index is 136. The summed E-state index contributed by atoms with van der Waals surface area (Å²) in [6.07, 6.45) is 3.28. The smallest absolute Gasteiger partial charge is 0.0957 e. The molecule has 0 spiro atoms. The Balaban J connectivity index is 3.91. The maximum absolute atomic E-state index is 11.9. The first kappa shape index (κ1) is 9.34. The number of halogens is 2. The van der Waals surface area contributed by atoms with Crippen LogP contribution in [0.2, 0.25) is 0 Å². The largest absolute Gasteiger partial charge is 0.250 e. The minimum Gasteiger partial charge on any atom is -0.250 e. The van der Waals surface area contributed by atoms with Crippen molar-refractivity contribution in [1.29, 1.82) is 0 Å². The Hall–Kier alpha value is -0.660. The van der Waals surface area contributed by atoms with Crippen LogP contribution in [0.1, 0.15) is 13.8 Å². The summed E-state index contributed by atoms with van der Waals surface area (Å²) in [7, 11) is 0. The van der Waals surface area contributed by atoms with Crippen molar-refractivity contribution < 1.29 is 8.78 Å². The lowest BCUT2D eigenvalue weighted by Gasteiger charge is -2.04. The predicted molar refractivity (Wildman–Crippen MR) is 39.1 cm³/mol. The van der Waals surface area contributed by atoms with Crippen molar-refractivity contribution in [2.75, 3.05) is 6.67 Å². The van der Waals surface area contributed by atoms with Gasteiger partial charge in [-0.2, -0.15) is 0 Å². The maximum atomic E-state index is 11.9. The first-order valence-electron chi connectivity index (χ1n) is 3.22. The normalized spacial score (nSPS) is 16.2. The monoisotopic (exact) mass is 146 g/mol. The highest BCUT2D eigenvalue weighted by Gasteiger charge is 2.00. The van der Waals surface area contributed by atoms with Gasteiger partial charge in [0.2, 0.25) is 0 Å². The van der Waals surface area contributed by atoms with Crippen molar-refractivity contribution in [2.45, 2.75) is 13.8 Å². The predicted octanol–water partition coefficient (Wildman–Crippen LogP) is 3.02. The molecule has 0 heterocycles. The number of rotatable bonds is 3. The van der Waals surface area contributed by atoms with Crippen molar-refractivity contribution in [1.82, 2.24) is 0 Å². The topological polar surface area (TPSA) is 0 Å². The number of hydrogen-bond acceptors (Lipinski definition) is 0. The van der Waals surface area contributed by atoms with Crippen molar-refractivity contribution >= 4 is 0 Å². The molecule has 1 unspecified atom stereocenters. The Kier molecular flexibility index (Phi) is 4.81. The van der Waals surface area contributed by atoms with Gasteiger partial charge in [-0.25, -0.2) is 4.39 Å². The van der Waals surface area contributed by atoms with E-state index in [4.69, 9.17) is 0 Å². The quantitative estimate of drug-likeness (QED) is 0.537. The summed E-state index contributed by atoms with van der Waals surface area (Å²) >= 11 is 0. The lowest BCUT2D eigenvalue weighted by atomic mass is 10.0. The van der Waals surface area contributed by atoms with Gasteiger partial charge in [-0.3, -0.25) is 4.39 Å². The highest BCUT2D eigenvalue weighted by atomic mass is 19.1. The molecule has 0 aliphatic heterocycles. The zero-order chi connectivity index (χ0) is 7.98. The van der Waals surface area contributed by atoms with E-state index in [9.17, 15) is 8.78 Å². The average Bonchev–Trinajstić information content (AvgIpc) is 1.98. The first-order chi connectivity index (χ1) is 4.72. The van der Waals surface area contributed by atoms with Crippen LogP contribution in [0.3, 0.4) is 0 Å². The van der Waals surface area contributed by atoms with E-state index in [1.54, 1.807) is 19.9 Å².